The minimum atomic E-state index is 0.00521. The highest BCUT2D eigenvalue weighted by molar-refractivity contribution is 6.21. The first-order chi connectivity index (χ1) is 14.6. The molecule has 144 valence electrons. The SMILES string of the molecule is Cn1c2cc3c(cc2c2ccc4c5ccccc5oc4c21)-c1ccccc1C3(C)C. The number of rotatable bonds is 0. The van der Waals surface area contributed by atoms with Gasteiger partial charge in [-0.05, 0) is 46.5 Å². The topological polar surface area (TPSA) is 18.1 Å². The third-order valence-electron chi connectivity index (χ3n) is 7.21. The number of hydrogen-bond donors (Lipinski definition) is 0. The zero-order valence-electron chi connectivity index (χ0n) is 17.3. The van der Waals surface area contributed by atoms with Crippen molar-refractivity contribution >= 4 is 43.7 Å². The van der Waals surface area contributed by atoms with Crippen LogP contribution in [0.5, 0.6) is 0 Å². The van der Waals surface area contributed by atoms with Gasteiger partial charge in [-0.2, -0.15) is 0 Å². The Morgan fingerprint density at radius 1 is 0.700 bits per heavy atom. The van der Waals surface area contributed by atoms with Gasteiger partial charge in [0, 0.05) is 39.5 Å². The largest absolute Gasteiger partial charge is 0.454 e. The third kappa shape index (κ3) is 1.76. The molecule has 0 N–H and O–H groups in total. The summed E-state index contributed by atoms with van der Waals surface area (Å²) in [6.07, 6.45) is 0. The second-order valence-electron chi connectivity index (χ2n) is 9.08. The molecule has 2 nitrogen and oxygen atoms in total. The molecule has 0 spiro atoms. The van der Waals surface area contributed by atoms with Gasteiger partial charge in [0.1, 0.15) is 5.58 Å². The highest BCUT2D eigenvalue weighted by Gasteiger charge is 2.36. The van der Waals surface area contributed by atoms with Crippen molar-refractivity contribution in [2.75, 3.05) is 0 Å². The number of nitrogens with zero attached hydrogens (tertiary/aromatic N) is 1. The monoisotopic (exact) mass is 387 g/mol. The van der Waals surface area contributed by atoms with Crippen LogP contribution in [-0.2, 0) is 12.5 Å². The highest BCUT2D eigenvalue weighted by Crippen LogP contribution is 2.51. The third-order valence-corrected chi connectivity index (χ3v) is 7.21. The van der Waals surface area contributed by atoms with Gasteiger partial charge in [-0.1, -0.05) is 62.4 Å². The summed E-state index contributed by atoms with van der Waals surface area (Å²) in [5.74, 6) is 0. The van der Waals surface area contributed by atoms with Gasteiger partial charge >= 0.3 is 0 Å². The predicted molar refractivity (Wildman–Crippen MR) is 125 cm³/mol. The summed E-state index contributed by atoms with van der Waals surface area (Å²) in [5.41, 5.74) is 9.91. The number of aromatic nitrogens is 1. The Balaban J connectivity index is 1.66. The lowest BCUT2D eigenvalue weighted by Crippen LogP contribution is -2.14. The van der Waals surface area contributed by atoms with Crippen LogP contribution >= 0.6 is 0 Å². The van der Waals surface area contributed by atoms with Gasteiger partial charge < -0.3 is 8.98 Å². The summed E-state index contributed by atoms with van der Waals surface area (Å²) < 4.78 is 8.67. The predicted octanol–water partition coefficient (Wildman–Crippen LogP) is 7.54. The van der Waals surface area contributed by atoms with Crippen molar-refractivity contribution in [1.82, 2.24) is 4.57 Å². The van der Waals surface area contributed by atoms with Crippen molar-refractivity contribution in [3.8, 4) is 11.1 Å². The van der Waals surface area contributed by atoms with Crippen molar-refractivity contribution in [2.45, 2.75) is 19.3 Å². The van der Waals surface area contributed by atoms with Crippen molar-refractivity contribution in [3.05, 3.63) is 83.9 Å². The van der Waals surface area contributed by atoms with E-state index in [-0.39, 0.29) is 5.41 Å². The maximum atomic E-state index is 6.35. The fourth-order valence-corrected chi connectivity index (χ4v) is 5.67. The highest BCUT2D eigenvalue weighted by atomic mass is 16.3. The van der Waals surface area contributed by atoms with Crippen LogP contribution < -0.4 is 0 Å². The Hall–Kier alpha value is -3.52. The van der Waals surface area contributed by atoms with E-state index in [2.05, 4.69) is 92.2 Å². The molecule has 6 aromatic rings. The van der Waals surface area contributed by atoms with Crippen LogP contribution in [-0.4, -0.2) is 4.57 Å². The molecule has 0 radical (unpaired) electrons. The van der Waals surface area contributed by atoms with Crippen LogP contribution in [0.15, 0.2) is 77.2 Å². The summed E-state index contributed by atoms with van der Waals surface area (Å²) in [5, 5.41) is 4.91. The number of fused-ring (bicyclic) bond motifs is 10. The maximum Gasteiger partial charge on any atom is 0.159 e. The van der Waals surface area contributed by atoms with Crippen LogP contribution in [0.2, 0.25) is 0 Å². The second-order valence-corrected chi connectivity index (χ2v) is 9.08. The molecule has 0 aliphatic heterocycles. The average Bonchev–Trinajstić information content (AvgIpc) is 3.35. The van der Waals surface area contributed by atoms with E-state index < -0.39 is 0 Å². The van der Waals surface area contributed by atoms with Crippen LogP contribution in [0.25, 0.3) is 54.9 Å². The van der Waals surface area contributed by atoms with Crippen LogP contribution in [0, 0.1) is 0 Å². The molecule has 7 rings (SSSR count). The zero-order valence-corrected chi connectivity index (χ0v) is 17.3. The van der Waals surface area contributed by atoms with Crippen LogP contribution in [0.3, 0.4) is 0 Å². The summed E-state index contributed by atoms with van der Waals surface area (Å²) >= 11 is 0. The molecule has 0 atom stereocenters. The van der Waals surface area contributed by atoms with E-state index in [1.807, 2.05) is 6.07 Å². The van der Waals surface area contributed by atoms with Crippen molar-refractivity contribution in [1.29, 1.82) is 0 Å². The molecular weight excluding hydrogens is 366 g/mol. The molecule has 2 heterocycles. The number of hydrogen-bond acceptors (Lipinski definition) is 1. The molecule has 2 heteroatoms. The fourth-order valence-electron chi connectivity index (χ4n) is 5.67. The van der Waals surface area contributed by atoms with E-state index in [4.69, 9.17) is 4.42 Å². The molecule has 1 aliphatic carbocycles. The normalized spacial score (nSPS) is 14.8. The number of aryl methyl sites for hydroxylation is 1. The average molecular weight is 387 g/mol. The fraction of sp³-hybridized carbons (Fsp3) is 0.143. The molecule has 0 amide bonds. The number of para-hydroxylation sites is 1. The van der Waals surface area contributed by atoms with Gasteiger partial charge in [-0.15, -0.1) is 0 Å². The summed E-state index contributed by atoms with van der Waals surface area (Å²) in [6, 6.07) is 26.4. The van der Waals surface area contributed by atoms with Crippen molar-refractivity contribution in [3.63, 3.8) is 0 Å². The van der Waals surface area contributed by atoms with Gasteiger partial charge in [0.05, 0.1) is 5.52 Å². The number of benzene rings is 4. The van der Waals surface area contributed by atoms with Gasteiger partial charge in [-0.25, -0.2) is 0 Å². The lowest BCUT2D eigenvalue weighted by Gasteiger charge is -2.21. The Bertz CT molecular complexity index is 1680. The van der Waals surface area contributed by atoms with Crippen LogP contribution in [0.1, 0.15) is 25.0 Å². The minimum Gasteiger partial charge on any atom is -0.454 e. The molecule has 0 fully saturated rings. The van der Waals surface area contributed by atoms with Gasteiger partial charge in [0.25, 0.3) is 0 Å². The molecule has 0 bridgehead atoms. The van der Waals surface area contributed by atoms with E-state index in [0.29, 0.717) is 0 Å². The van der Waals surface area contributed by atoms with Gasteiger partial charge in [0.2, 0.25) is 0 Å². The quantitative estimate of drug-likeness (QED) is 0.263. The molecule has 2 aromatic heterocycles. The Labute approximate surface area is 174 Å². The van der Waals surface area contributed by atoms with E-state index in [0.717, 1.165) is 11.2 Å². The number of furan rings is 1. The van der Waals surface area contributed by atoms with E-state index in [9.17, 15) is 0 Å². The summed E-state index contributed by atoms with van der Waals surface area (Å²) in [7, 11) is 2.17. The summed E-state index contributed by atoms with van der Waals surface area (Å²) in [6.45, 7) is 4.67. The minimum absolute atomic E-state index is 0.00521. The van der Waals surface area contributed by atoms with Crippen molar-refractivity contribution in [2.24, 2.45) is 7.05 Å². The van der Waals surface area contributed by atoms with Gasteiger partial charge in [0.15, 0.2) is 5.58 Å². The molecule has 0 saturated carbocycles. The van der Waals surface area contributed by atoms with E-state index in [1.54, 1.807) is 0 Å². The lowest BCUT2D eigenvalue weighted by molar-refractivity contribution is 0.660. The lowest BCUT2D eigenvalue weighted by atomic mass is 9.82. The first-order valence-corrected chi connectivity index (χ1v) is 10.5. The van der Waals surface area contributed by atoms with E-state index >= 15 is 0 Å². The standard InChI is InChI=1S/C28H21NO/c1-28(2)22-10-6-4-8-16(22)20-14-21-18-12-13-19-17-9-5-7-11-25(17)30-27(19)26(18)29(3)24(21)15-23(20)28/h4-15H,1-3H3. The molecule has 1 aliphatic rings. The first kappa shape index (κ1) is 16.3. The summed E-state index contributed by atoms with van der Waals surface area (Å²) in [4.78, 5) is 0. The Kier molecular flexibility index (Phi) is 2.79. The molecule has 0 unspecified atom stereocenters. The van der Waals surface area contributed by atoms with Crippen LogP contribution in [0.4, 0.5) is 0 Å². The Morgan fingerprint density at radius 3 is 2.37 bits per heavy atom. The van der Waals surface area contributed by atoms with Crippen molar-refractivity contribution < 1.29 is 4.42 Å². The molecule has 4 aromatic carbocycles. The molecular formula is C28H21NO. The molecule has 0 saturated heterocycles. The second kappa shape index (κ2) is 5.14. The zero-order chi connectivity index (χ0) is 20.2. The first-order valence-electron chi connectivity index (χ1n) is 10.5. The Morgan fingerprint density at radius 2 is 1.47 bits per heavy atom. The maximum absolute atomic E-state index is 6.35. The molecule has 30 heavy (non-hydrogen) atoms. The smallest absolute Gasteiger partial charge is 0.159 e. The van der Waals surface area contributed by atoms with Gasteiger partial charge in [-0.3, -0.25) is 0 Å². The van der Waals surface area contributed by atoms with E-state index in [1.165, 1.54) is 54.8 Å².